The van der Waals surface area contributed by atoms with E-state index < -0.39 is 0 Å². The minimum atomic E-state index is -0.247. The Labute approximate surface area is 150 Å². The fourth-order valence-electron chi connectivity index (χ4n) is 5.51. The Kier molecular flexibility index (Phi) is 2.94. The van der Waals surface area contributed by atoms with E-state index in [-0.39, 0.29) is 12.1 Å². The minimum Gasteiger partial charge on any atom is -0.391 e. The average Bonchev–Trinajstić information content (AvgIpc) is 3.38. The van der Waals surface area contributed by atoms with Crippen molar-refractivity contribution in [3.63, 3.8) is 0 Å². The van der Waals surface area contributed by atoms with E-state index in [1.807, 2.05) is 22.9 Å². The highest BCUT2D eigenvalue weighted by Crippen LogP contribution is 2.55. The van der Waals surface area contributed by atoms with Crippen LogP contribution in [0.15, 0.2) is 36.7 Å². The summed E-state index contributed by atoms with van der Waals surface area (Å²) in [4.78, 5) is 11.3. The summed E-state index contributed by atoms with van der Waals surface area (Å²) in [5.41, 5.74) is 2.65. The molecule has 6 rings (SSSR count). The third-order valence-corrected chi connectivity index (χ3v) is 6.58. The third kappa shape index (κ3) is 1.92. The van der Waals surface area contributed by atoms with Gasteiger partial charge >= 0.3 is 0 Å². The Morgan fingerprint density at radius 1 is 1.08 bits per heavy atom. The van der Waals surface area contributed by atoms with Gasteiger partial charge in [-0.15, -0.1) is 5.10 Å². The molecule has 7 heteroatoms. The molecule has 0 radical (unpaired) electrons. The van der Waals surface area contributed by atoms with Crippen molar-refractivity contribution in [3.05, 3.63) is 42.2 Å². The van der Waals surface area contributed by atoms with E-state index in [4.69, 9.17) is 0 Å². The molecule has 2 aromatic heterocycles. The van der Waals surface area contributed by atoms with Crippen LogP contribution in [0.4, 0.5) is 5.82 Å². The van der Waals surface area contributed by atoms with Crippen LogP contribution in [0.1, 0.15) is 18.4 Å². The molecule has 3 aliphatic rings. The van der Waals surface area contributed by atoms with E-state index in [0.29, 0.717) is 24.3 Å². The van der Waals surface area contributed by atoms with Crippen molar-refractivity contribution in [3.8, 4) is 0 Å². The molecule has 26 heavy (non-hydrogen) atoms. The predicted octanol–water partition coefficient (Wildman–Crippen LogP) is 1.48. The van der Waals surface area contributed by atoms with Gasteiger partial charge in [-0.25, -0.2) is 14.6 Å². The van der Waals surface area contributed by atoms with E-state index in [1.165, 1.54) is 0 Å². The van der Waals surface area contributed by atoms with Gasteiger partial charge in [0.2, 0.25) is 0 Å². The molecule has 2 saturated carbocycles. The number of rotatable bonds is 3. The van der Waals surface area contributed by atoms with Crippen molar-refractivity contribution in [2.24, 2.45) is 17.8 Å². The standard InChI is InChI=1S/C19H20N6O/c26-17-12-6-13-9-24(16(17)14(13)7-12)18-15-19(21-10-20-18)25(23-22-15)8-11-4-2-1-3-5-11/h1-5,10,12-14,16-17,26H,6-9H2. The highest BCUT2D eigenvalue weighted by molar-refractivity contribution is 5.83. The molecule has 3 fully saturated rings. The molecule has 132 valence electrons. The molecule has 0 spiro atoms. The van der Waals surface area contributed by atoms with Crippen LogP contribution in [0.2, 0.25) is 0 Å². The van der Waals surface area contributed by atoms with Gasteiger partial charge in [-0.3, -0.25) is 0 Å². The quantitative estimate of drug-likeness (QED) is 0.772. The lowest BCUT2D eigenvalue weighted by molar-refractivity contribution is 0.0966. The molecule has 3 heterocycles. The van der Waals surface area contributed by atoms with Crippen molar-refractivity contribution >= 4 is 17.0 Å². The maximum Gasteiger partial charge on any atom is 0.184 e. The fourth-order valence-corrected chi connectivity index (χ4v) is 5.51. The SMILES string of the molecule is OC1C2CC3CN(c4ncnc5c4nnn5Cc4ccccc4)C1C3C2. The minimum absolute atomic E-state index is 0.177. The lowest BCUT2D eigenvalue weighted by Gasteiger charge is -2.29. The normalized spacial score (nSPS) is 32.0. The van der Waals surface area contributed by atoms with Gasteiger partial charge in [-0.2, -0.15) is 0 Å². The lowest BCUT2D eigenvalue weighted by Crippen LogP contribution is -2.41. The Hall–Kier alpha value is -2.54. The summed E-state index contributed by atoms with van der Waals surface area (Å²) in [6.45, 7) is 1.59. The Balaban J connectivity index is 1.40. The summed E-state index contributed by atoms with van der Waals surface area (Å²) in [5.74, 6) is 2.57. The van der Waals surface area contributed by atoms with Gasteiger partial charge in [-0.1, -0.05) is 35.5 Å². The number of aliphatic hydroxyl groups is 1. The first kappa shape index (κ1) is 14.6. The van der Waals surface area contributed by atoms with Gasteiger partial charge in [0.25, 0.3) is 0 Å². The number of nitrogens with zero attached hydrogens (tertiary/aromatic N) is 6. The molecular weight excluding hydrogens is 328 g/mol. The summed E-state index contributed by atoms with van der Waals surface area (Å²) < 4.78 is 1.83. The van der Waals surface area contributed by atoms with Crippen LogP contribution < -0.4 is 4.90 Å². The largest absolute Gasteiger partial charge is 0.391 e. The van der Waals surface area contributed by atoms with Crippen LogP contribution in [-0.4, -0.2) is 48.8 Å². The molecule has 5 atom stereocenters. The van der Waals surface area contributed by atoms with E-state index >= 15 is 0 Å². The van der Waals surface area contributed by atoms with Crippen LogP contribution >= 0.6 is 0 Å². The zero-order valence-corrected chi connectivity index (χ0v) is 14.3. The number of benzene rings is 1. The van der Waals surface area contributed by atoms with Crippen LogP contribution in [0, 0.1) is 17.8 Å². The van der Waals surface area contributed by atoms with Gasteiger partial charge in [0.1, 0.15) is 6.33 Å². The molecule has 2 aliphatic carbocycles. The van der Waals surface area contributed by atoms with Gasteiger partial charge in [0.05, 0.1) is 18.7 Å². The van der Waals surface area contributed by atoms with Crippen LogP contribution in [0.5, 0.6) is 0 Å². The van der Waals surface area contributed by atoms with E-state index in [0.717, 1.165) is 41.9 Å². The van der Waals surface area contributed by atoms with Gasteiger partial charge in [-0.05, 0) is 36.2 Å². The number of anilines is 1. The summed E-state index contributed by atoms with van der Waals surface area (Å²) >= 11 is 0. The molecule has 3 aromatic rings. The van der Waals surface area contributed by atoms with Crippen LogP contribution in [-0.2, 0) is 6.54 Å². The van der Waals surface area contributed by atoms with Crippen molar-refractivity contribution < 1.29 is 5.11 Å². The predicted molar refractivity (Wildman–Crippen MR) is 95.5 cm³/mol. The molecule has 1 aliphatic heterocycles. The third-order valence-electron chi connectivity index (χ3n) is 6.58. The number of hydrogen-bond acceptors (Lipinski definition) is 6. The van der Waals surface area contributed by atoms with Gasteiger partial charge in [0.15, 0.2) is 17.0 Å². The average molecular weight is 348 g/mol. The van der Waals surface area contributed by atoms with E-state index in [1.54, 1.807) is 6.33 Å². The van der Waals surface area contributed by atoms with Gasteiger partial charge in [0, 0.05) is 6.54 Å². The molecule has 2 bridgehead atoms. The number of hydrogen-bond donors (Lipinski definition) is 1. The molecule has 0 amide bonds. The second kappa shape index (κ2) is 5.23. The van der Waals surface area contributed by atoms with Crippen LogP contribution in [0.25, 0.3) is 11.2 Å². The fraction of sp³-hybridized carbons (Fsp3) is 0.474. The number of fused-ring (bicyclic) bond motifs is 2. The highest BCUT2D eigenvalue weighted by atomic mass is 16.3. The Morgan fingerprint density at radius 2 is 1.96 bits per heavy atom. The highest BCUT2D eigenvalue weighted by Gasteiger charge is 2.59. The maximum atomic E-state index is 10.7. The monoisotopic (exact) mass is 348 g/mol. The van der Waals surface area contributed by atoms with E-state index in [2.05, 4.69) is 37.3 Å². The first-order chi connectivity index (χ1) is 12.8. The lowest BCUT2D eigenvalue weighted by atomic mass is 9.88. The molecule has 5 unspecified atom stereocenters. The summed E-state index contributed by atoms with van der Waals surface area (Å²) in [5, 5.41) is 19.4. The summed E-state index contributed by atoms with van der Waals surface area (Å²) in [6, 6.07) is 10.4. The maximum absolute atomic E-state index is 10.7. The summed E-state index contributed by atoms with van der Waals surface area (Å²) in [7, 11) is 0. The molecule has 1 N–H and O–H groups in total. The van der Waals surface area contributed by atoms with Crippen molar-refractivity contribution in [1.82, 2.24) is 25.0 Å². The topological polar surface area (TPSA) is 80.0 Å². The first-order valence-corrected chi connectivity index (χ1v) is 9.32. The summed E-state index contributed by atoms with van der Waals surface area (Å²) in [6.07, 6.45) is 3.65. The molecule has 1 saturated heterocycles. The molecule has 1 aromatic carbocycles. The van der Waals surface area contributed by atoms with Gasteiger partial charge < -0.3 is 10.0 Å². The van der Waals surface area contributed by atoms with Crippen LogP contribution in [0.3, 0.4) is 0 Å². The smallest absolute Gasteiger partial charge is 0.184 e. The first-order valence-electron chi connectivity index (χ1n) is 9.32. The zero-order valence-electron chi connectivity index (χ0n) is 14.3. The molecule has 7 nitrogen and oxygen atoms in total. The zero-order chi connectivity index (χ0) is 17.3. The number of aromatic nitrogens is 5. The number of aliphatic hydroxyl groups excluding tert-OH is 1. The van der Waals surface area contributed by atoms with E-state index in [9.17, 15) is 5.11 Å². The second-order valence-corrected chi connectivity index (χ2v) is 7.89. The van der Waals surface area contributed by atoms with Crippen molar-refractivity contribution in [2.45, 2.75) is 31.5 Å². The van der Waals surface area contributed by atoms with Crippen molar-refractivity contribution in [1.29, 1.82) is 0 Å². The molecular formula is C19H20N6O. The Bertz CT molecular complexity index is 971. The second-order valence-electron chi connectivity index (χ2n) is 7.89. The van der Waals surface area contributed by atoms with Crippen molar-refractivity contribution in [2.75, 3.05) is 11.4 Å². The Morgan fingerprint density at radius 3 is 2.81 bits per heavy atom.